The highest BCUT2D eigenvalue weighted by Gasteiger charge is 2.19. The average Bonchev–Trinajstić information content (AvgIpc) is 2.90. The molecule has 0 radical (unpaired) electrons. The van der Waals surface area contributed by atoms with E-state index in [-0.39, 0.29) is 0 Å². The second kappa shape index (κ2) is 5.07. The smallest absolute Gasteiger partial charge is 0.235 e. The van der Waals surface area contributed by atoms with Gasteiger partial charge in [0.25, 0.3) is 0 Å². The van der Waals surface area contributed by atoms with Crippen LogP contribution in [0.5, 0.6) is 5.88 Å². The summed E-state index contributed by atoms with van der Waals surface area (Å²) in [6, 6.07) is 3.34. The number of halogens is 2. The third-order valence-electron chi connectivity index (χ3n) is 3.50. The summed E-state index contributed by atoms with van der Waals surface area (Å²) in [6.45, 7) is 2.57. The van der Waals surface area contributed by atoms with Crippen LogP contribution in [-0.2, 0) is 6.42 Å². The van der Waals surface area contributed by atoms with Crippen LogP contribution < -0.4 is 4.74 Å². The summed E-state index contributed by atoms with van der Waals surface area (Å²) in [4.78, 5) is 13.4. The average molecular weight is 336 g/mol. The molecule has 4 heterocycles. The predicted octanol–water partition coefficient (Wildman–Crippen LogP) is 3.13. The lowest BCUT2D eigenvalue weighted by molar-refractivity contribution is 0.272. The number of ether oxygens (including phenoxy) is 1. The molecular weight excluding hydrogens is 325 g/mol. The Kier molecular flexibility index (Phi) is 3.16. The molecular formula is C14H11Cl2N5O. The third kappa shape index (κ3) is 2.19. The van der Waals surface area contributed by atoms with Crippen molar-refractivity contribution in [1.82, 2.24) is 24.6 Å². The summed E-state index contributed by atoms with van der Waals surface area (Å²) in [6.07, 6.45) is 1.80. The molecule has 4 rings (SSSR count). The van der Waals surface area contributed by atoms with E-state index in [2.05, 4.69) is 20.1 Å². The van der Waals surface area contributed by atoms with Crippen molar-refractivity contribution in [2.24, 2.45) is 0 Å². The highest BCUT2D eigenvalue weighted by Crippen LogP contribution is 2.28. The standard InChI is InChI=1S/C14H11Cl2N5O/c1-7-13(18-8-3-2-4-22-14(8)17-7)9-5-12-19-10(15)6-11(16)21(12)20-9/h5-6H,2-4H2,1H3. The van der Waals surface area contributed by atoms with Gasteiger partial charge in [-0.25, -0.2) is 19.5 Å². The summed E-state index contributed by atoms with van der Waals surface area (Å²) in [5.41, 5.74) is 3.56. The molecule has 0 atom stereocenters. The second-order valence-electron chi connectivity index (χ2n) is 5.06. The Balaban J connectivity index is 1.90. The molecule has 112 valence electrons. The SMILES string of the molecule is Cc1nc2c(nc1-c1cc3nc(Cl)cc(Cl)n3n1)CCCO2. The predicted molar refractivity (Wildman–Crippen MR) is 82.6 cm³/mol. The summed E-state index contributed by atoms with van der Waals surface area (Å²) in [7, 11) is 0. The second-order valence-corrected chi connectivity index (χ2v) is 5.84. The first kappa shape index (κ1) is 13.7. The minimum absolute atomic E-state index is 0.325. The van der Waals surface area contributed by atoms with E-state index in [0.717, 1.165) is 24.2 Å². The number of rotatable bonds is 1. The van der Waals surface area contributed by atoms with Gasteiger partial charge in [0.1, 0.15) is 27.4 Å². The maximum absolute atomic E-state index is 6.14. The summed E-state index contributed by atoms with van der Waals surface area (Å²) in [5, 5.41) is 5.17. The fourth-order valence-corrected chi connectivity index (χ4v) is 2.96. The first-order chi connectivity index (χ1) is 10.6. The maximum Gasteiger partial charge on any atom is 0.235 e. The van der Waals surface area contributed by atoms with E-state index in [0.29, 0.717) is 39.8 Å². The Labute approximate surface area is 136 Å². The fraction of sp³-hybridized carbons (Fsp3) is 0.286. The van der Waals surface area contributed by atoms with Crippen LogP contribution in [0.1, 0.15) is 17.8 Å². The highest BCUT2D eigenvalue weighted by molar-refractivity contribution is 6.33. The lowest BCUT2D eigenvalue weighted by Gasteiger charge is -2.16. The van der Waals surface area contributed by atoms with Crippen molar-refractivity contribution in [2.45, 2.75) is 19.8 Å². The highest BCUT2D eigenvalue weighted by atomic mass is 35.5. The van der Waals surface area contributed by atoms with Gasteiger partial charge in [0.15, 0.2) is 5.65 Å². The van der Waals surface area contributed by atoms with E-state index < -0.39 is 0 Å². The number of aromatic nitrogens is 5. The molecule has 0 N–H and O–H groups in total. The zero-order chi connectivity index (χ0) is 15.3. The molecule has 3 aromatic rings. The van der Waals surface area contributed by atoms with Crippen LogP contribution in [0.25, 0.3) is 17.0 Å². The topological polar surface area (TPSA) is 65.2 Å². The lowest BCUT2D eigenvalue weighted by atomic mass is 10.2. The first-order valence-electron chi connectivity index (χ1n) is 6.84. The van der Waals surface area contributed by atoms with E-state index in [1.54, 1.807) is 12.1 Å². The monoisotopic (exact) mass is 335 g/mol. The Morgan fingerprint density at radius 1 is 1.18 bits per heavy atom. The van der Waals surface area contributed by atoms with Gasteiger partial charge in [-0.3, -0.25) is 0 Å². The molecule has 0 saturated carbocycles. The van der Waals surface area contributed by atoms with E-state index in [1.807, 2.05) is 6.92 Å². The molecule has 1 aliphatic heterocycles. The zero-order valence-corrected chi connectivity index (χ0v) is 13.2. The molecule has 6 nitrogen and oxygen atoms in total. The van der Waals surface area contributed by atoms with Gasteiger partial charge in [0.05, 0.1) is 12.3 Å². The van der Waals surface area contributed by atoms with E-state index in [1.165, 1.54) is 4.52 Å². The Morgan fingerprint density at radius 3 is 2.91 bits per heavy atom. The minimum Gasteiger partial charge on any atom is -0.476 e. The van der Waals surface area contributed by atoms with Gasteiger partial charge in [0, 0.05) is 12.1 Å². The van der Waals surface area contributed by atoms with Crippen LogP contribution >= 0.6 is 23.2 Å². The third-order valence-corrected chi connectivity index (χ3v) is 3.96. The molecule has 0 fully saturated rings. The normalized spacial score (nSPS) is 14.0. The van der Waals surface area contributed by atoms with E-state index >= 15 is 0 Å². The summed E-state index contributed by atoms with van der Waals surface area (Å²) < 4.78 is 7.07. The van der Waals surface area contributed by atoms with Crippen molar-refractivity contribution < 1.29 is 4.74 Å². The molecule has 8 heteroatoms. The van der Waals surface area contributed by atoms with Crippen LogP contribution in [-0.4, -0.2) is 31.2 Å². The molecule has 0 saturated heterocycles. The molecule has 0 aromatic carbocycles. The number of nitrogens with zero attached hydrogens (tertiary/aromatic N) is 5. The van der Waals surface area contributed by atoms with E-state index in [9.17, 15) is 0 Å². The van der Waals surface area contributed by atoms with Crippen molar-refractivity contribution in [3.63, 3.8) is 0 Å². The Morgan fingerprint density at radius 2 is 2.05 bits per heavy atom. The van der Waals surface area contributed by atoms with Crippen LogP contribution in [0.15, 0.2) is 12.1 Å². The van der Waals surface area contributed by atoms with Gasteiger partial charge in [-0.05, 0) is 19.8 Å². The van der Waals surface area contributed by atoms with Crippen molar-refractivity contribution >= 4 is 28.8 Å². The number of hydrogen-bond acceptors (Lipinski definition) is 5. The molecule has 0 spiro atoms. The quantitative estimate of drug-likeness (QED) is 0.639. The Hall–Kier alpha value is -1.92. The summed E-state index contributed by atoms with van der Waals surface area (Å²) in [5.74, 6) is 0.621. The largest absolute Gasteiger partial charge is 0.476 e. The Bertz CT molecular complexity index is 893. The first-order valence-corrected chi connectivity index (χ1v) is 7.60. The van der Waals surface area contributed by atoms with Crippen molar-refractivity contribution in [3.8, 4) is 17.3 Å². The van der Waals surface area contributed by atoms with Gasteiger partial charge < -0.3 is 4.74 Å². The van der Waals surface area contributed by atoms with Gasteiger partial charge in [-0.2, -0.15) is 5.10 Å². The van der Waals surface area contributed by atoms with Crippen LogP contribution in [0.4, 0.5) is 0 Å². The van der Waals surface area contributed by atoms with Crippen LogP contribution in [0, 0.1) is 6.92 Å². The number of hydrogen-bond donors (Lipinski definition) is 0. The molecule has 0 bridgehead atoms. The molecule has 22 heavy (non-hydrogen) atoms. The van der Waals surface area contributed by atoms with Gasteiger partial charge in [0.2, 0.25) is 5.88 Å². The zero-order valence-electron chi connectivity index (χ0n) is 11.7. The lowest BCUT2D eigenvalue weighted by Crippen LogP contribution is -2.13. The molecule has 0 amide bonds. The van der Waals surface area contributed by atoms with Crippen molar-refractivity contribution in [3.05, 3.63) is 33.8 Å². The number of fused-ring (bicyclic) bond motifs is 2. The van der Waals surface area contributed by atoms with Crippen LogP contribution in [0.2, 0.25) is 10.3 Å². The van der Waals surface area contributed by atoms with Crippen molar-refractivity contribution in [1.29, 1.82) is 0 Å². The van der Waals surface area contributed by atoms with Gasteiger partial charge in [-0.1, -0.05) is 23.2 Å². The number of aryl methyl sites for hydroxylation is 2. The molecule has 1 aliphatic rings. The molecule has 0 aliphatic carbocycles. The minimum atomic E-state index is 0.325. The van der Waals surface area contributed by atoms with Crippen LogP contribution in [0.3, 0.4) is 0 Å². The van der Waals surface area contributed by atoms with Crippen molar-refractivity contribution in [2.75, 3.05) is 6.61 Å². The molecule has 3 aromatic heterocycles. The van der Waals surface area contributed by atoms with Gasteiger partial charge in [-0.15, -0.1) is 0 Å². The summed E-state index contributed by atoms with van der Waals surface area (Å²) >= 11 is 12.1. The van der Waals surface area contributed by atoms with E-state index in [4.69, 9.17) is 27.9 Å². The maximum atomic E-state index is 6.14. The molecule has 0 unspecified atom stereocenters. The van der Waals surface area contributed by atoms with Gasteiger partial charge >= 0.3 is 0 Å². The fourth-order valence-electron chi connectivity index (χ4n) is 2.49.